The Bertz CT molecular complexity index is 215. The first kappa shape index (κ1) is 18.4. The summed E-state index contributed by atoms with van der Waals surface area (Å²) < 4.78 is 0. The van der Waals surface area contributed by atoms with Crippen molar-refractivity contribution >= 4 is 5.91 Å². The molecule has 0 aromatic carbocycles. The van der Waals surface area contributed by atoms with Gasteiger partial charge in [0, 0.05) is 12.6 Å². The highest BCUT2D eigenvalue weighted by atomic mass is 16.1. The van der Waals surface area contributed by atoms with Crippen LogP contribution in [-0.4, -0.2) is 25.0 Å². The Morgan fingerprint density at radius 2 is 1.47 bits per heavy atom. The van der Waals surface area contributed by atoms with E-state index in [4.69, 9.17) is 0 Å². The minimum absolute atomic E-state index is 0.116. The third-order valence-electron chi connectivity index (χ3n) is 3.20. The lowest BCUT2D eigenvalue weighted by Crippen LogP contribution is -2.37. The molecule has 3 heteroatoms. The molecule has 0 aliphatic carbocycles. The summed E-state index contributed by atoms with van der Waals surface area (Å²) >= 11 is 0. The topological polar surface area (TPSA) is 41.1 Å². The minimum atomic E-state index is 0.116. The maximum absolute atomic E-state index is 11.4. The summed E-state index contributed by atoms with van der Waals surface area (Å²) in [5.41, 5.74) is 0. The second-order valence-electron chi connectivity index (χ2n) is 6.19. The molecule has 0 saturated heterocycles. The molecule has 3 nitrogen and oxygen atoms in total. The molecule has 0 aliphatic rings. The zero-order chi connectivity index (χ0) is 14.5. The van der Waals surface area contributed by atoms with Crippen molar-refractivity contribution in [2.75, 3.05) is 13.1 Å². The number of hydrogen-bond acceptors (Lipinski definition) is 2. The van der Waals surface area contributed by atoms with Crippen LogP contribution in [0.4, 0.5) is 0 Å². The van der Waals surface area contributed by atoms with Crippen LogP contribution in [0.25, 0.3) is 0 Å². The first-order valence-electron chi connectivity index (χ1n) is 8.02. The van der Waals surface area contributed by atoms with E-state index in [1.54, 1.807) is 0 Å². The highest BCUT2D eigenvalue weighted by Crippen LogP contribution is 2.10. The van der Waals surface area contributed by atoms with Crippen LogP contribution in [0.3, 0.4) is 0 Å². The Morgan fingerprint density at radius 3 is 2.05 bits per heavy atom. The van der Waals surface area contributed by atoms with E-state index in [9.17, 15) is 4.79 Å². The molecule has 0 radical (unpaired) electrons. The van der Waals surface area contributed by atoms with Gasteiger partial charge in [0.05, 0.1) is 6.54 Å². The number of nitrogens with one attached hydrogen (secondary N) is 2. The zero-order valence-electron chi connectivity index (χ0n) is 13.4. The normalized spacial score (nSPS) is 11.3. The molecule has 0 aromatic heterocycles. The molecular weight excluding hydrogens is 236 g/mol. The molecule has 0 spiro atoms. The van der Waals surface area contributed by atoms with Crippen molar-refractivity contribution in [2.24, 2.45) is 5.92 Å². The lowest BCUT2D eigenvalue weighted by Gasteiger charge is -2.08. The highest BCUT2D eigenvalue weighted by molar-refractivity contribution is 5.77. The van der Waals surface area contributed by atoms with Gasteiger partial charge in [0.25, 0.3) is 0 Å². The maximum Gasteiger partial charge on any atom is 0.233 e. The number of rotatable bonds is 12. The van der Waals surface area contributed by atoms with E-state index in [1.165, 1.54) is 38.5 Å². The van der Waals surface area contributed by atoms with Crippen LogP contribution >= 0.6 is 0 Å². The van der Waals surface area contributed by atoms with Gasteiger partial charge in [0.1, 0.15) is 0 Å². The number of carbonyl (C=O) groups is 1. The molecule has 2 N–H and O–H groups in total. The average molecular weight is 270 g/mol. The zero-order valence-corrected chi connectivity index (χ0v) is 13.4. The fourth-order valence-electron chi connectivity index (χ4n) is 1.97. The van der Waals surface area contributed by atoms with E-state index < -0.39 is 0 Å². The van der Waals surface area contributed by atoms with Crippen LogP contribution in [0.1, 0.15) is 72.6 Å². The average Bonchev–Trinajstić information content (AvgIpc) is 2.34. The van der Waals surface area contributed by atoms with Gasteiger partial charge in [-0.05, 0) is 12.3 Å². The Balaban J connectivity index is 3.16. The summed E-state index contributed by atoms with van der Waals surface area (Å²) in [6, 6.07) is 0.372. The fraction of sp³-hybridized carbons (Fsp3) is 0.938. The minimum Gasteiger partial charge on any atom is -0.355 e. The predicted octanol–water partition coefficient (Wildman–Crippen LogP) is 3.49. The fourth-order valence-corrected chi connectivity index (χ4v) is 1.97. The van der Waals surface area contributed by atoms with Gasteiger partial charge in [-0.1, -0.05) is 66.2 Å². The van der Waals surface area contributed by atoms with Crippen molar-refractivity contribution in [3.63, 3.8) is 0 Å². The van der Waals surface area contributed by atoms with E-state index in [0.717, 1.165) is 18.9 Å². The number of unbranched alkanes of at least 4 members (excludes halogenated alkanes) is 5. The molecule has 114 valence electrons. The first-order valence-corrected chi connectivity index (χ1v) is 8.02. The lowest BCUT2D eigenvalue weighted by molar-refractivity contribution is -0.120. The van der Waals surface area contributed by atoms with Gasteiger partial charge in [-0.15, -0.1) is 0 Å². The third-order valence-corrected chi connectivity index (χ3v) is 3.20. The van der Waals surface area contributed by atoms with Crippen LogP contribution in [0.15, 0.2) is 0 Å². The summed E-state index contributed by atoms with van der Waals surface area (Å²) in [5, 5.41) is 6.07. The van der Waals surface area contributed by atoms with Crippen LogP contribution in [0, 0.1) is 5.92 Å². The molecule has 0 rings (SSSR count). The molecule has 0 bridgehead atoms. The van der Waals surface area contributed by atoms with Crippen LogP contribution in [0.5, 0.6) is 0 Å². The predicted molar refractivity (Wildman–Crippen MR) is 83.3 cm³/mol. The molecule has 0 aliphatic heterocycles. The lowest BCUT2D eigenvalue weighted by atomic mass is 10.0. The van der Waals surface area contributed by atoms with Gasteiger partial charge in [-0.25, -0.2) is 0 Å². The molecule has 0 atom stereocenters. The summed E-state index contributed by atoms with van der Waals surface area (Å²) in [6.07, 6.45) is 9.09. The summed E-state index contributed by atoms with van der Waals surface area (Å²) in [4.78, 5) is 11.4. The van der Waals surface area contributed by atoms with Gasteiger partial charge < -0.3 is 10.6 Å². The highest BCUT2D eigenvalue weighted by Gasteiger charge is 2.01. The maximum atomic E-state index is 11.4. The van der Waals surface area contributed by atoms with Crippen molar-refractivity contribution in [1.29, 1.82) is 0 Å². The quantitative estimate of drug-likeness (QED) is 0.533. The SMILES string of the molecule is CC(C)CCCCCCCCNC(=O)CNC(C)C. The summed E-state index contributed by atoms with van der Waals surface area (Å²) in [5.74, 6) is 0.959. The second-order valence-corrected chi connectivity index (χ2v) is 6.19. The van der Waals surface area contributed by atoms with Crippen molar-refractivity contribution in [2.45, 2.75) is 78.7 Å². The number of amides is 1. The standard InChI is InChI=1S/C16H34N2O/c1-14(2)11-9-7-5-6-8-10-12-17-16(19)13-18-15(3)4/h14-15,18H,5-13H2,1-4H3,(H,17,19). The van der Waals surface area contributed by atoms with Crippen molar-refractivity contribution in [3.05, 3.63) is 0 Å². The van der Waals surface area contributed by atoms with E-state index >= 15 is 0 Å². The number of carbonyl (C=O) groups excluding carboxylic acids is 1. The van der Waals surface area contributed by atoms with Gasteiger partial charge in [-0.2, -0.15) is 0 Å². The van der Waals surface area contributed by atoms with Crippen molar-refractivity contribution in [1.82, 2.24) is 10.6 Å². The largest absolute Gasteiger partial charge is 0.355 e. The molecule has 0 fully saturated rings. The molecule has 0 saturated carbocycles. The smallest absolute Gasteiger partial charge is 0.233 e. The molecular formula is C16H34N2O. The summed E-state index contributed by atoms with van der Waals surface area (Å²) in [7, 11) is 0. The van der Waals surface area contributed by atoms with Gasteiger partial charge in [0.2, 0.25) is 5.91 Å². The molecule has 0 heterocycles. The third kappa shape index (κ3) is 15.4. The van der Waals surface area contributed by atoms with Crippen LogP contribution < -0.4 is 10.6 Å². The van der Waals surface area contributed by atoms with Crippen LogP contribution in [-0.2, 0) is 4.79 Å². The van der Waals surface area contributed by atoms with Gasteiger partial charge in [-0.3, -0.25) is 4.79 Å². The summed E-state index contributed by atoms with van der Waals surface area (Å²) in [6.45, 7) is 9.93. The van der Waals surface area contributed by atoms with Crippen molar-refractivity contribution < 1.29 is 4.79 Å². The van der Waals surface area contributed by atoms with E-state index in [-0.39, 0.29) is 5.91 Å². The Hall–Kier alpha value is -0.570. The Labute approximate surface area is 119 Å². The first-order chi connectivity index (χ1) is 9.02. The van der Waals surface area contributed by atoms with Crippen LogP contribution in [0.2, 0.25) is 0 Å². The molecule has 19 heavy (non-hydrogen) atoms. The van der Waals surface area contributed by atoms with E-state index in [0.29, 0.717) is 12.6 Å². The monoisotopic (exact) mass is 270 g/mol. The second kappa shape index (κ2) is 12.5. The molecule has 1 amide bonds. The van der Waals surface area contributed by atoms with E-state index in [1.807, 2.05) is 13.8 Å². The van der Waals surface area contributed by atoms with Crippen molar-refractivity contribution in [3.8, 4) is 0 Å². The Kier molecular flexibility index (Phi) is 12.1. The van der Waals surface area contributed by atoms with Gasteiger partial charge >= 0.3 is 0 Å². The molecule has 0 unspecified atom stereocenters. The Morgan fingerprint density at radius 1 is 0.895 bits per heavy atom. The number of hydrogen-bond donors (Lipinski definition) is 2. The van der Waals surface area contributed by atoms with Gasteiger partial charge in [0.15, 0.2) is 0 Å². The molecule has 0 aromatic rings. The van der Waals surface area contributed by atoms with E-state index in [2.05, 4.69) is 24.5 Å².